The normalized spacial score (nSPS) is 21.4. The third-order valence-electron chi connectivity index (χ3n) is 6.78. The van der Waals surface area contributed by atoms with Crippen LogP contribution in [-0.2, 0) is 15.9 Å². The number of rotatable bonds is 2. The molecular weight excluding hydrogens is 407 g/mol. The topological polar surface area (TPSA) is 97.6 Å². The summed E-state index contributed by atoms with van der Waals surface area (Å²) in [6.45, 7) is 11.0. The van der Waals surface area contributed by atoms with Crippen LogP contribution in [0.15, 0.2) is 34.7 Å². The molecule has 1 saturated heterocycles. The zero-order valence-electron chi connectivity index (χ0n) is 18.8. The highest BCUT2D eigenvalue weighted by Gasteiger charge is 2.52. The molecule has 9 heteroatoms. The van der Waals surface area contributed by atoms with E-state index in [1.165, 1.54) is 0 Å². The van der Waals surface area contributed by atoms with Gasteiger partial charge in [-0.25, -0.2) is 4.98 Å². The highest BCUT2D eigenvalue weighted by atomic mass is 16.7. The van der Waals surface area contributed by atoms with E-state index in [1.54, 1.807) is 0 Å². The van der Waals surface area contributed by atoms with Crippen molar-refractivity contribution in [1.29, 1.82) is 0 Å². The van der Waals surface area contributed by atoms with Crippen molar-refractivity contribution < 1.29 is 18.5 Å². The predicted molar refractivity (Wildman–Crippen MR) is 123 cm³/mol. The van der Waals surface area contributed by atoms with Crippen LogP contribution in [0.3, 0.4) is 0 Å². The molecule has 1 atom stereocenters. The van der Waals surface area contributed by atoms with E-state index in [1.807, 2.05) is 58.0 Å². The second-order valence-electron chi connectivity index (χ2n) is 9.68. The van der Waals surface area contributed by atoms with Gasteiger partial charge in [0, 0.05) is 5.56 Å². The lowest BCUT2D eigenvalue weighted by molar-refractivity contribution is 0.00578. The second-order valence-corrected chi connectivity index (χ2v) is 9.68. The van der Waals surface area contributed by atoms with Crippen LogP contribution in [0.25, 0.3) is 33.5 Å². The van der Waals surface area contributed by atoms with Crippen molar-refractivity contribution in [2.75, 3.05) is 5.73 Å². The molecule has 4 heterocycles. The van der Waals surface area contributed by atoms with Crippen LogP contribution < -0.4 is 15.9 Å². The van der Waals surface area contributed by atoms with Gasteiger partial charge in [0.15, 0.2) is 5.58 Å². The first-order chi connectivity index (χ1) is 15.1. The molecule has 2 aliphatic heterocycles. The molecule has 0 radical (unpaired) electrons. The number of anilines is 1. The van der Waals surface area contributed by atoms with E-state index in [0.29, 0.717) is 17.6 Å². The molecule has 164 valence electrons. The Kier molecular flexibility index (Phi) is 3.84. The maximum atomic E-state index is 6.27. The number of imidazole rings is 1. The van der Waals surface area contributed by atoms with Gasteiger partial charge in [-0.2, -0.15) is 4.98 Å². The van der Waals surface area contributed by atoms with Crippen molar-refractivity contribution in [3.8, 4) is 17.1 Å². The van der Waals surface area contributed by atoms with Gasteiger partial charge in [-0.3, -0.25) is 0 Å². The molecule has 0 spiro atoms. The Morgan fingerprint density at radius 3 is 2.53 bits per heavy atom. The summed E-state index contributed by atoms with van der Waals surface area (Å²) in [7, 11) is -0.482. The van der Waals surface area contributed by atoms with Gasteiger partial charge in [0.1, 0.15) is 28.7 Å². The Hall–Kier alpha value is -3.04. The molecule has 8 nitrogen and oxygen atoms in total. The quantitative estimate of drug-likeness (QED) is 0.484. The minimum atomic E-state index is -0.482. The van der Waals surface area contributed by atoms with E-state index in [9.17, 15) is 0 Å². The minimum absolute atomic E-state index is 0.00128. The fourth-order valence-electron chi connectivity index (χ4n) is 4.45. The smallest absolute Gasteiger partial charge is 0.487 e. The van der Waals surface area contributed by atoms with E-state index in [2.05, 4.69) is 16.5 Å². The summed E-state index contributed by atoms with van der Waals surface area (Å²) in [5, 5.41) is 0. The van der Waals surface area contributed by atoms with Crippen LogP contribution in [0.1, 0.15) is 34.6 Å². The SMILES string of the molecule is C[C@@H]1Cn2c(-c3ccc4oc(N)nc4c3)nc3cc(B4OC(C)(C)C(C)(C)O4)cc(c32)O1. The third-order valence-corrected chi connectivity index (χ3v) is 6.78. The van der Waals surface area contributed by atoms with Gasteiger partial charge in [-0.1, -0.05) is 0 Å². The molecule has 4 aromatic rings. The first kappa shape index (κ1) is 19.6. The second kappa shape index (κ2) is 6.27. The number of hydrogen-bond donors (Lipinski definition) is 1. The van der Waals surface area contributed by atoms with Crippen LogP contribution >= 0.6 is 0 Å². The van der Waals surface area contributed by atoms with Crippen LogP contribution in [0, 0.1) is 0 Å². The van der Waals surface area contributed by atoms with Crippen molar-refractivity contribution in [3.05, 3.63) is 30.3 Å². The highest BCUT2D eigenvalue weighted by molar-refractivity contribution is 6.62. The molecule has 32 heavy (non-hydrogen) atoms. The number of oxazole rings is 1. The summed E-state index contributed by atoms with van der Waals surface area (Å²) in [6, 6.07) is 10.0. The van der Waals surface area contributed by atoms with Crippen molar-refractivity contribution in [2.45, 2.75) is 58.5 Å². The van der Waals surface area contributed by atoms with Gasteiger partial charge in [-0.05, 0) is 70.4 Å². The highest BCUT2D eigenvalue weighted by Crippen LogP contribution is 2.39. The molecule has 6 rings (SSSR count). The lowest BCUT2D eigenvalue weighted by atomic mass is 9.78. The number of fused-ring (bicyclic) bond motifs is 1. The van der Waals surface area contributed by atoms with Crippen LogP contribution in [0.2, 0.25) is 0 Å². The van der Waals surface area contributed by atoms with E-state index >= 15 is 0 Å². The van der Waals surface area contributed by atoms with Crippen molar-refractivity contribution in [2.24, 2.45) is 0 Å². The summed E-state index contributed by atoms with van der Waals surface area (Å²) >= 11 is 0. The van der Waals surface area contributed by atoms with Gasteiger partial charge < -0.3 is 28.8 Å². The molecule has 1 fully saturated rings. The van der Waals surface area contributed by atoms with E-state index in [0.717, 1.165) is 33.6 Å². The first-order valence-corrected chi connectivity index (χ1v) is 10.8. The van der Waals surface area contributed by atoms with Crippen molar-refractivity contribution in [1.82, 2.24) is 14.5 Å². The van der Waals surface area contributed by atoms with Gasteiger partial charge in [0.25, 0.3) is 6.01 Å². The Morgan fingerprint density at radius 1 is 1.03 bits per heavy atom. The zero-order valence-corrected chi connectivity index (χ0v) is 18.8. The molecular formula is C23H25BN4O4. The summed E-state index contributed by atoms with van der Waals surface area (Å²) in [6.07, 6.45) is -0.00128. The summed E-state index contributed by atoms with van der Waals surface area (Å²) in [4.78, 5) is 9.25. The molecule has 2 aliphatic rings. The molecule has 0 amide bonds. The average Bonchev–Trinajstić information content (AvgIpc) is 3.32. The van der Waals surface area contributed by atoms with Crippen molar-refractivity contribution in [3.63, 3.8) is 0 Å². The monoisotopic (exact) mass is 432 g/mol. The number of nitrogens with zero attached hydrogens (tertiary/aromatic N) is 3. The average molecular weight is 432 g/mol. The molecule has 0 saturated carbocycles. The molecule has 0 bridgehead atoms. The van der Waals surface area contributed by atoms with E-state index in [4.69, 9.17) is 29.2 Å². The van der Waals surface area contributed by atoms with Gasteiger partial charge in [-0.15, -0.1) is 0 Å². The van der Waals surface area contributed by atoms with E-state index < -0.39 is 18.3 Å². The van der Waals surface area contributed by atoms with Gasteiger partial charge >= 0.3 is 7.12 Å². The standard InChI is InChI=1S/C23H25BN4O4/c1-12-11-28-19-16(26-20(28)13-6-7-17-15(8-13)27-21(25)30-17)9-14(10-18(19)29-12)24-31-22(2,3)23(4,5)32-24/h6-10,12H,11H2,1-5H3,(H2,25,27)/t12-/m1/s1. The largest absolute Gasteiger partial charge is 0.495 e. The molecule has 2 aromatic heterocycles. The maximum absolute atomic E-state index is 6.27. The number of hydrogen-bond acceptors (Lipinski definition) is 7. The lowest BCUT2D eigenvalue weighted by Crippen LogP contribution is -2.41. The predicted octanol–water partition coefficient (Wildman–Crippen LogP) is 3.51. The lowest BCUT2D eigenvalue weighted by Gasteiger charge is -2.32. The van der Waals surface area contributed by atoms with Crippen LogP contribution in [0.5, 0.6) is 5.75 Å². The Bertz CT molecular complexity index is 1370. The van der Waals surface area contributed by atoms with Crippen LogP contribution in [-0.4, -0.2) is 39.0 Å². The van der Waals surface area contributed by atoms with Gasteiger partial charge in [0.05, 0.1) is 23.3 Å². The molecule has 0 aliphatic carbocycles. The maximum Gasteiger partial charge on any atom is 0.495 e. The summed E-state index contributed by atoms with van der Waals surface area (Å²) < 4.78 is 26.4. The number of benzene rings is 2. The number of aromatic nitrogens is 3. The Morgan fingerprint density at radius 2 is 1.78 bits per heavy atom. The number of ether oxygens (including phenoxy) is 1. The third kappa shape index (κ3) is 2.77. The molecule has 0 unspecified atom stereocenters. The Labute approximate surface area is 185 Å². The number of nitrogens with two attached hydrogens (primary N) is 1. The fraction of sp³-hybridized carbons (Fsp3) is 0.391. The zero-order chi connectivity index (χ0) is 22.4. The van der Waals surface area contributed by atoms with E-state index in [-0.39, 0.29) is 12.1 Å². The number of nitrogen functional groups attached to an aromatic ring is 1. The fourth-order valence-corrected chi connectivity index (χ4v) is 4.45. The molecule has 2 aromatic carbocycles. The molecule has 2 N–H and O–H groups in total. The minimum Gasteiger partial charge on any atom is -0.487 e. The van der Waals surface area contributed by atoms with Gasteiger partial charge in [0.2, 0.25) is 0 Å². The summed E-state index contributed by atoms with van der Waals surface area (Å²) in [5.74, 6) is 1.64. The van der Waals surface area contributed by atoms with Crippen LogP contribution in [0.4, 0.5) is 6.01 Å². The summed E-state index contributed by atoms with van der Waals surface area (Å²) in [5.41, 5.74) is 9.90. The first-order valence-electron chi connectivity index (χ1n) is 10.8. The van der Waals surface area contributed by atoms with Crippen molar-refractivity contribution >= 4 is 40.7 Å². The Balaban J connectivity index is 1.50.